The molecule has 1 aliphatic rings. The first kappa shape index (κ1) is 14.0. The summed E-state index contributed by atoms with van der Waals surface area (Å²) in [5.41, 5.74) is 8.16. The lowest BCUT2D eigenvalue weighted by Crippen LogP contribution is -2.54. The summed E-state index contributed by atoms with van der Waals surface area (Å²) in [5.74, 6) is 0.855. The molecule has 2 rings (SSSR count). The van der Waals surface area contributed by atoms with E-state index >= 15 is 0 Å². The highest BCUT2D eigenvalue weighted by molar-refractivity contribution is 7.10. The summed E-state index contributed by atoms with van der Waals surface area (Å²) in [6.07, 6.45) is 5.04. The van der Waals surface area contributed by atoms with Gasteiger partial charge in [-0.15, -0.1) is 11.3 Å². The zero-order chi connectivity index (χ0) is 13.3. The Labute approximate surface area is 115 Å². The molecule has 1 fully saturated rings. The fraction of sp³-hybridized carbons (Fsp3) is 0.733. The first-order valence-electron chi connectivity index (χ1n) is 6.94. The van der Waals surface area contributed by atoms with Crippen LogP contribution in [0.15, 0.2) is 11.4 Å². The van der Waals surface area contributed by atoms with Gasteiger partial charge in [0.15, 0.2) is 0 Å². The van der Waals surface area contributed by atoms with Crippen LogP contribution >= 0.6 is 11.3 Å². The van der Waals surface area contributed by atoms with Crippen LogP contribution in [0.25, 0.3) is 0 Å². The van der Waals surface area contributed by atoms with Crippen LogP contribution in [0.5, 0.6) is 0 Å². The molecule has 1 aliphatic carbocycles. The van der Waals surface area contributed by atoms with Crippen LogP contribution in [0.4, 0.5) is 0 Å². The Kier molecular flexibility index (Phi) is 4.15. The van der Waals surface area contributed by atoms with Crippen molar-refractivity contribution in [2.24, 2.45) is 11.7 Å². The predicted octanol–water partition coefficient (Wildman–Crippen LogP) is 3.57. The lowest BCUT2D eigenvalue weighted by atomic mass is 9.70. The van der Waals surface area contributed by atoms with Gasteiger partial charge in [-0.3, -0.25) is 0 Å². The molecule has 1 atom stereocenters. The predicted molar refractivity (Wildman–Crippen MR) is 80.0 cm³/mol. The number of nitrogens with two attached hydrogens (primary N) is 1. The van der Waals surface area contributed by atoms with Crippen molar-refractivity contribution in [1.29, 1.82) is 0 Å². The van der Waals surface area contributed by atoms with Crippen LogP contribution in [0, 0.1) is 12.8 Å². The van der Waals surface area contributed by atoms with Crippen molar-refractivity contribution in [3.63, 3.8) is 0 Å². The molecule has 0 amide bonds. The minimum atomic E-state index is 0.145. The van der Waals surface area contributed by atoms with Crippen LogP contribution in [0.3, 0.4) is 0 Å². The number of hydrogen-bond donors (Lipinski definition) is 1. The van der Waals surface area contributed by atoms with Gasteiger partial charge in [-0.1, -0.05) is 6.92 Å². The van der Waals surface area contributed by atoms with Gasteiger partial charge >= 0.3 is 0 Å². The minimum Gasteiger partial charge on any atom is -0.322 e. The van der Waals surface area contributed by atoms with E-state index in [4.69, 9.17) is 5.73 Å². The molecule has 2 nitrogen and oxygen atoms in total. The van der Waals surface area contributed by atoms with E-state index in [1.807, 2.05) is 11.3 Å². The average molecular weight is 266 g/mol. The van der Waals surface area contributed by atoms with Crippen LogP contribution in [-0.4, -0.2) is 24.5 Å². The van der Waals surface area contributed by atoms with Crippen molar-refractivity contribution < 1.29 is 0 Å². The summed E-state index contributed by atoms with van der Waals surface area (Å²) >= 11 is 1.81. The summed E-state index contributed by atoms with van der Waals surface area (Å²) < 4.78 is 0. The van der Waals surface area contributed by atoms with Gasteiger partial charge in [0.2, 0.25) is 0 Å². The van der Waals surface area contributed by atoms with Crippen LogP contribution in [0.1, 0.15) is 49.1 Å². The Morgan fingerprint density at radius 2 is 2.00 bits per heavy atom. The van der Waals surface area contributed by atoms with Crippen molar-refractivity contribution in [3.8, 4) is 0 Å². The SMILES string of the molecule is Cc1sccc1C(N)C1(N(C)C)CCC(C)CC1. The second-order valence-corrected chi connectivity index (χ2v) is 7.21. The second-order valence-electron chi connectivity index (χ2n) is 6.09. The van der Waals surface area contributed by atoms with Gasteiger partial charge < -0.3 is 10.6 Å². The third-order valence-electron chi connectivity index (χ3n) is 4.84. The van der Waals surface area contributed by atoms with Crippen molar-refractivity contribution in [3.05, 3.63) is 21.9 Å². The maximum atomic E-state index is 6.66. The highest BCUT2D eigenvalue weighted by Gasteiger charge is 2.42. The molecule has 1 aromatic heterocycles. The van der Waals surface area contributed by atoms with Crippen LogP contribution in [0.2, 0.25) is 0 Å². The van der Waals surface area contributed by atoms with Gasteiger partial charge in [-0.05, 0) is 69.6 Å². The maximum Gasteiger partial charge on any atom is 0.0492 e. The summed E-state index contributed by atoms with van der Waals surface area (Å²) in [6.45, 7) is 4.55. The average Bonchev–Trinajstić information content (AvgIpc) is 2.75. The Hall–Kier alpha value is -0.380. The third kappa shape index (κ3) is 2.36. The molecule has 0 aliphatic heterocycles. The van der Waals surface area contributed by atoms with Crippen molar-refractivity contribution in [2.75, 3.05) is 14.1 Å². The summed E-state index contributed by atoms with van der Waals surface area (Å²) in [5, 5.41) is 2.17. The first-order chi connectivity index (χ1) is 8.47. The third-order valence-corrected chi connectivity index (χ3v) is 5.71. The maximum absolute atomic E-state index is 6.66. The van der Waals surface area contributed by atoms with Crippen LogP contribution in [-0.2, 0) is 0 Å². The lowest BCUT2D eigenvalue weighted by Gasteiger charge is -2.48. The molecule has 0 saturated heterocycles. The fourth-order valence-corrected chi connectivity index (χ4v) is 4.06. The van der Waals surface area contributed by atoms with Crippen LogP contribution < -0.4 is 5.73 Å². The molecule has 2 N–H and O–H groups in total. The molecule has 0 aromatic carbocycles. The van der Waals surface area contributed by atoms with E-state index in [9.17, 15) is 0 Å². The molecule has 1 heterocycles. The van der Waals surface area contributed by atoms with Crippen molar-refractivity contribution in [2.45, 2.75) is 51.1 Å². The highest BCUT2D eigenvalue weighted by atomic mass is 32.1. The molecule has 18 heavy (non-hydrogen) atoms. The van der Waals surface area contributed by atoms with Gasteiger partial charge in [0.25, 0.3) is 0 Å². The quantitative estimate of drug-likeness (QED) is 0.906. The summed E-state index contributed by atoms with van der Waals surface area (Å²) in [6, 6.07) is 2.36. The van der Waals surface area contributed by atoms with E-state index in [0.717, 1.165) is 5.92 Å². The molecule has 1 aromatic rings. The number of likely N-dealkylation sites (N-methyl/N-ethyl adjacent to an activating group) is 1. The molecule has 0 bridgehead atoms. The minimum absolute atomic E-state index is 0.145. The second kappa shape index (κ2) is 5.32. The normalized spacial score (nSPS) is 30.7. The molecule has 1 saturated carbocycles. The Bertz CT molecular complexity index is 389. The smallest absolute Gasteiger partial charge is 0.0492 e. The van der Waals surface area contributed by atoms with Gasteiger partial charge in [0.05, 0.1) is 0 Å². The molecule has 1 unspecified atom stereocenters. The van der Waals surface area contributed by atoms with Crippen molar-refractivity contribution in [1.82, 2.24) is 4.90 Å². The van der Waals surface area contributed by atoms with Gasteiger partial charge in [-0.2, -0.15) is 0 Å². The zero-order valence-electron chi connectivity index (χ0n) is 12.1. The summed E-state index contributed by atoms with van der Waals surface area (Å²) in [4.78, 5) is 3.75. The zero-order valence-corrected chi connectivity index (χ0v) is 12.9. The Morgan fingerprint density at radius 1 is 1.39 bits per heavy atom. The van der Waals surface area contributed by atoms with E-state index in [1.165, 1.54) is 36.1 Å². The standard InChI is InChI=1S/C15H26N2S/c1-11-5-8-15(9-6-11,17(3)4)14(16)13-7-10-18-12(13)2/h7,10-11,14H,5-6,8-9,16H2,1-4H3. The number of thiophene rings is 1. The van der Waals surface area contributed by atoms with E-state index in [2.05, 4.69) is 44.3 Å². The molecular weight excluding hydrogens is 240 g/mol. The number of nitrogens with zero attached hydrogens (tertiary/aromatic N) is 1. The van der Waals surface area contributed by atoms with E-state index < -0.39 is 0 Å². The number of rotatable bonds is 3. The van der Waals surface area contributed by atoms with E-state index in [0.29, 0.717) is 0 Å². The topological polar surface area (TPSA) is 29.3 Å². The number of aryl methyl sites for hydroxylation is 1. The van der Waals surface area contributed by atoms with Crippen molar-refractivity contribution >= 4 is 11.3 Å². The van der Waals surface area contributed by atoms with E-state index in [1.54, 1.807) is 0 Å². The lowest BCUT2D eigenvalue weighted by molar-refractivity contribution is 0.0564. The fourth-order valence-electron chi connectivity index (χ4n) is 3.31. The Morgan fingerprint density at radius 3 is 2.44 bits per heavy atom. The van der Waals surface area contributed by atoms with Gasteiger partial charge in [0.1, 0.15) is 0 Å². The van der Waals surface area contributed by atoms with E-state index in [-0.39, 0.29) is 11.6 Å². The molecule has 0 radical (unpaired) electrons. The number of hydrogen-bond acceptors (Lipinski definition) is 3. The Balaban J connectivity index is 2.28. The first-order valence-corrected chi connectivity index (χ1v) is 7.82. The monoisotopic (exact) mass is 266 g/mol. The largest absolute Gasteiger partial charge is 0.322 e. The molecular formula is C15H26N2S. The highest BCUT2D eigenvalue weighted by Crippen LogP contribution is 2.43. The molecule has 0 spiro atoms. The molecule has 102 valence electrons. The van der Waals surface area contributed by atoms with Gasteiger partial charge in [0, 0.05) is 16.5 Å². The van der Waals surface area contributed by atoms with Gasteiger partial charge in [-0.25, -0.2) is 0 Å². The summed E-state index contributed by atoms with van der Waals surface area (Å²) in [7, 11) is 4.38. The molecule has 3 heteroatoms.